The highest BCUT2D eigenvalue weighted by Gasteiger charge is 2.25. The summed E-state index contributed by atoms with van der Waals surface area (Å²) in [4.78, 5) is 10.6. The minimum Gasteiger partial charge on any atom is -0.455 e. The first-order valence-electron chi connectivity index (χ1n) is 17.9. The normalized spacial score (nSPS) is 14.2. The van der Waals surface area contributed by atoms with Crippen LogP contribution in [0.5, 0.6) is 0 Å². The maximum Gasteiger partial charge on any atom is 0.160 e. The summed E-state index contributed by atoms with van der Waals surface area (Å²) in [6.07, 6.45) is -0.348. The summed E-state index contributed by atoms with van der Waals surface area (Å²) in [5, 5.41) is 7.98. The van der Waals surface area contributed by atoms with Gasteiger partial charge < -0.3 is 9.73 Å². The zero-order valence-electron chi connectivity index (χ0n) is 28.8. The summed E-state index contributed by atoms with van der Waals surface area (Å²) in [6, 6.07) is 65.7. The monoisotopic (exact) mass is 679 g/mol. The first-order chi connectivity index (χ1) is 26.2. The van der Waals surface area contributed by atoms with Crippen molar-refractivity contribution >= 4 is 44.4 Å². The zero-order chi connectivity index (χ0) is 35.1. The summed E-state index contributed by atoms with van der Waals surface area (Å²) in [7, 11) is 0. The topological polar surface area (TPSA) is 49.9 Å². The number of nitrogens with one attached hydrogen (secondary N) is 1. The van der Waals surface area contributed by atoms with Gasteiger partial charge in [-0.05, 0) is 74.5 Å². The van der Waals surface area contributed by atoms with E-state index in [2.05, 4.69) is 163 Å². The van der Waals surface area contributed by atoms with Crippen molar-refractivity contribution in [3.05, 3.63) is 205 Å². The highest BCUT2D eigenvalue weighted by molar-refractivity contribution is 6.24. The molecule has 53 heavy (non-hydrogen) atoms. The van der Waals surface area contributed by atoms with Gasteiger partial charge in [0.15, 0.2) is 5.84 Å². The van der Waals surface area contributed by atoms with Crippen LogP contribution < -0.4 is 5.32 Å². The van der Waals surface area contributed by atoms with Crippen LogP contribution in [0.15, 0.2) is 202 Å². The molecule has 2 heterocycles. The molecule has 0 aliphatic carbocycles. The van der Waals surface area contributed by atoms with Gasteiger partial charge in [0.25, 0.3) is 0 Å². The molecule has 0 fully saturated rings. The number of benzene rings is 8. The maximum absolute atomic E-state index is 6.88. The van der Waals surface area contributed by atoms with Gasteiger partial charge in [0, 0.05) is 27.5 Å². The molecule has 0 saturated carbocycles. The zero-order valence-corrected chi connectivity index (χ0v) is 28.8. The Morgan fingerprint density at radius 1 is 0.453 bits per heavy atom. The van der Waals surface area contributed by atoms with E-state index in [4.69, 9.17) is 14.4 Å². The van der Waals surface area contributed by atoms with E-state index in [9.17, 15) is 0 Å². The average Bonchev–Trinajstić information content (AvgIpc) is 3.61. The van der Waals surface area contributed by atoms with Crippen LogP contribution in [0.2, 0.25) is 0 Å². The molecule has 0 radical (unpaired) electrons. The van der Waals surface area contributed by atoms with Gasteiger partial charge in [0.05, 0.1) is 0 Å². The van der Waals surface area contributed by atoms with Gasteiger partial charge in [-0.1, -0.05) is 158 Å². The van der Waals surface area contributed by atoms with Gasteiger partial charge in [0.2, 0.25) is 0 Å². The van der Waals surface area contributed by atoms with Crippen LogP contribution in [0.1, 0.15) is 22.9 Å². The predicted molar refractivity (Wildman–Crippen MR) is 219 cm³/mol. The van der Waals surface area contributed by atoms with Crippen molar-refractivity contribution in [3.8, 4) is 33.4 Å². The molecule has 1 aromatic heterocycles. The lowest BCUT2D eigenvalue weighted by atomic mass is 9.95. The molecule has 1 atom stereocenters. The summed E-state index contributed by atoms with van der Waals surface area (Å²) in [5.41, 5.74) is 11.4. The van der Waals surface area contributed by atoms with Crippen LogP contribution in [-0.2, 0) is 0 Å². The van der Waals surface area contributed by atoms with E-state index in [1.54, 1.807) is 0 Å². The van der Waals surface area contributed by atoms with Crippen LogP contribution in [-0.4, -0.2) is 11.7 Å². The SMILES string of the molecule is c1ccc(C2=NC(c3ccc(-c4cccc(-c5ccccc5)c4)c4oc5cc6ccccc6cc5c34)=NC(c3ccc(-c4ccccc4)cc3)N2)cc1. The molecule has 1 unspecified atom stereocenters. The highest BCUT2D eigenvalue weighted by Crippen LogP contribution is 2.41. The second kappa shape index (κ2) is 12.9. The quantitative estimate of drug-likeness (QED) is 0.190. The molecule has 10 rings (SSSR count). The van der Waals surface area contributed by atoms with Crippen LogP contribution in [0, 0.1) is 0 Å². The van der Waals surface area contributed by atoms with E-state index < -0.39 is 0 Å². The van der Waals surface area contributed by atoms with Crippen molar-refractivity contribution < 1.29 is 4.42 Å². The Kier molecular flexibility index (Phi) is 7.51. The number of amidine groups is 2. The Morgan fingerprint density at radius 2 is 1.02 bits per heavy atom. The summed E-state index contributed by atoms with van der Waals surface area (Å²) in [6.45, 7) is 0. The first-order valence-corrected chi connectivity index (χ1v) is 17.9. The van der Waals surface area contributed by atoms with Gasteiger partial charge >= 0.3 is 0 Å². The lowest BCUT2D eigenvalue weighted by Crippen LogP contribution is -2.33. The van der Waals surface area contributed by atoms with E-state index in [1.807, 2.05) is 30.3 Å². The molecule has 0 bridgehead atoms. The van der Waals surface area contributed by atoms with Gasteiger partial charge in [0.1, 0.15) is 23.2 Å². The fraction of sp³-hybridized carbons (Fsp3) is 0.0204. The van der Waals surface area contributed by atoms with Crippen molar-refractivity contribution in [2.75, 3.05) is 0 Å². The van der Waals surface area contributed by atoms with Gasteiger partial charge in [-0.2, -0.15) is 0 Å². The number of furan rings is 1. The average molecular weight is 680 g/mol. The first kappa shape index (κ1) is 30.8. The fourth-order valence-corrected chi connectivity index (χ4v) is 7.45. The number of nitrogens with zero attached hydrogens (tertiary/aromatic N) is 2. The van der Waals surface area contributed by atoms with E-state index >= 15 is 0 Å². The Labute approximate surface area is 307 Å². The Morgan fingerprint density at radius 3 is 1.74 bits per heavy atom. The number of aliphatic imine (C=N–C) groups is 2. The summed E-state index contributed by atoms with van der Waals surface area (Å²) in [5.74, 6) is 1.43. The predicted octanol–water partition coefficient (Wildman–Crippen LogP) is 12.2. The van der Waals surface area contributed by atoms with Gasteiger partial charge in [-0.3, -0.25) is 0 Å². The van der Waals surface area contributed by atoms with Gasteiger partial charge in [-0.25, -0.2) is 9.98 Å². The second-order valence-electron chi connectivity index (χ2n) is 13.4. The lowest BCUT2D eigenvalue weighted by Gasteiger charge is -2.24. The number of hydrogen-bond donors (Lipinski definition) is 1. The third kappa shape index (κ3) is 5.67. The largest absolute Gasteiger partial charge is 0.455 e. The molecule has 8 aromatic carbocycles. The lowest BCUT2D eigenvalue weighted by molar-refractivity contribution is 0.669. The highest BCUT2D eigenvalue weighted by atomic mass is 16.3. The minimum atomic E-state index is -0.348. The minimum absolute atomic E-state index is 0.348. The Balaban J connectivity index is 1.18. The van der Waals surface area contributed by atoms with E-state index in [0.29, 0.717) is 5.84 Å². The van der Waals surface area contributed by atoms with Crippen molar-refractivity contribution in [2.45, 2.75) is 6.17 Å². The maximum atomic E-state index is 6.88. The number of fused-ring (bicyclic) bond motifs is 4. The third-order valence-corrected chi connectivity index (χ3v) is 10.1. The van der Waals surface area contributed by atoms with Crippen molar-refractivity contribution in [2.24, 2.45) is 9.98 Å². The molecular formula is C49H33N3O. The molecule has 1 aliphatic rings. The Hall–Kier alpha value is -7.04. The molecule has 250 valence electrons. The van der Waals surface area contributed by atoms with Crippen LogP contribution in [0.25, 0.3) is 66.1 Å². The molecule has 0 amide bonds. The number of hydrogen-bond acceptors (Lipinski definition) is 4. The third-order valence-electron chi connectivity index (χ3n) is 10.1. The molecule has 0 spiro atoms. The summed E-state index contributed by atoms with van der Waals surface area (Å²) < 4.78 is 6.88. The molecular weight excluding hydrogens is 647 g/mol. The Bertz CT molecular complexity index is 2840. The van der Waals surface area contributed by atoms with E-state index in [0.717, 1.165) is 77.5 Å². The second-order valence-corrected chi connectivity index (χ2v) is 13.4. The number of rotatable bonds is 6. The van der Waals surface area contributed by atoms with Crippen LogP contribution in [0.4, 0.5) is 0 Å². The van der Waals surface area contributed by atoms with Crippen LogP contribution in [0.3, 0.4) is 0 Å². The standard InChI is InChI=1S/C49H33N3O/c1-4-13-32(14-5-1)34-23-25-36(26-24-34)48-50-47(35-17-8-3-9-18-35)51-49(52-48)42-28-27-41(40-22-12-21-37(29-40)33-15-6-2-7-16-33)46-45(42)43-30-38-19-10-11-20-39(38)31-44(43)53-46/h1-31,48H,(H,50,51,52). The molecule has 1 aliphatic heterocycles. The van der Waals surface area contributed by atoms with E-state index in [-0.39, 0.29) is 6.17 Å². The molecule has 4 nitrogen and oxygen atoms in total. The molecule has 1 N–H and O–H groups in total. The summed E-state index contributed by atoms with van der Waals surface area (Å²) >= 11 is 0. The van der Waals surface area contributed by atoms with Crippen LogP contribution >= 0.6 is 0 Å². The smallest absolute Gasteiger partial charge is 0.160 e. The molecule has 9 aromatic rings. The fourth-order valence-electron chi connectivity index (χ4n) is 7.45. The van der Waals surface area contributed by atoms with Crippen molar-refractivity contribution in [3.63, 3.8) is 0 Å². The molecule has 0 saturated heterocycles. The van der Waals surface area contributed by atoms with E-state index in [1.165, 1.54) is 11.1 Å². The van der Waals surface area contributed by atoms with Gasteiger partial charge in [-0.15, -0.1) is 0 Å². The molecule has 4 heteroatoms. The van der Waals surface area contributed by atoms with Crippen molar-refractivity contribution in [1.82, 2.24) is 5.32 Å². The van der Waals surface area contributed by atoms with Crippen molar-refractivity contribution in [1.29, 1.82) is 0 Å².